The molecule has 0 N–H and O–H groups in total. The largest absolute Gasteiger partial charge is 0.497 e. The number of nitrogens with zero attached hydrogens (tertiary/aromatic N) is 1. The topological polar surface area (TPSA) is 29.5 Å². The maximum Gasteiger partial charge on any atom is 0.161 e. The molecule has 2 aromatic rings. The summed E-state index contributed by atoms with van der Waals surface area (Å²) in [6.07, 6.45) is 0. The number of methoxy groups -OCH3 is 1. The van der Waals surface area contributed by atoms with Crippen LogP contribution >= 0.6 is 15.9 Å². The van der Waals surface area contributed by atoms with Crippen molar-refractivity contribution in [2.45, 2.75) is 6.92 Å². The third-order valence-electron chi connectivity index (χ3n) is 3.14. The van der Waals surface area contributed by atoms with Crippen LogP contribution in [0.4, 0.5) is 11.4 Å². The van der Waals surface area contributed by atoms with Crippen molar-refractivity contribution in [3.8, 4) is 5.75 Å². The number of ketones is 1. The molecule has 104 valence electrons. The zero-order valence-electron chi connectivity index (χ0n) is 11.7. The average Bonchev–Trinajstić information content (AvgIpc) is 2.46. The zero-order valence-corrected chi connectivity index (χ0v) is 13.3. The Hall–Kier alpha value is -1.81. The zero-order chi connectivity index (χ0) is 14.7. The van der Waals surface area contributed by atoms with Crippen molar-refractivity contribution in [1.29, 1.82) is 0 Å². The summed E-state index contributed by atoms with van der Waals surface area (Å²) in [7, 11) is 3.57. The van der Waals surface area contributed by atoms with Crippen molar-refractivity contribution in [2.24, 2.45) is 0 Å². The van der Waals surface area contributed by atoms with E-state index in [0.717, 1.165) is 21.6 Å². The number of carbonyl (C=O) groups excluding carboxylic acids is 1. The molecule has 0 amide bonds. The Morgan fingerprint density at radius 1 is 1.20 bits per heavy atom. The highest BCUT2D eigenvalue weighted by molar-refractivity contribution is 9.10. The van der Waals surface area contributed by atoms with Gasteiger partial charge in [0.05, 0.1) is 12.8 Å². The quantitative estimate of drug-likeness (QED) is 0.775. The maximum absolute atomic E-state index is 11.8. The van der Waals surface area contributed by atoms with Gasteiger partial charge in [-0.3, -0.25) is 4.79 Å². The first-order chi connectivity index (χ1) is 9.52. The minimum atomic E-state index is 0.0437. The molecule has 0 heterocycles. The van der Waals surface area contributed by atoms with Gasteiger partial charge >= 0.3 is 0 Å². The number of hydrogen-bond donors (Lipinski definition) is 0. The van der Waals surface area contributed by atoms with Crippen molar-refractivity contribution in [3.05, 3.63) is 52.5 Å². The summed E-state index contributed by atoms with van der Waals surface area (Å²) in [5.74, 6) is 0.830. The Bertz CT molecular complexity index is 640. The van der Waals surface area contributed by atoms with Gasteiger partial charge in [-0.1, -0.05) is 22.0 Å². The van der Waals surface area contributed by atoms with Crippen LogP contribution < -0.4 is 9.64 Å². The lowest BCUT2D eigenvalue weighted by Crippen LogP contribution is -2.13. The molecule has 4 heteroatoms. The number of benzene rings is 2. The molecule has 0 aromatic heterocycles. The monoisotopic (exact) mass is 333 g/mol. The highest BCUT2D eigenvalue weighted by atomic mass is 79.9. The summed E-state index contributed by atoms with van der Waals surface area (Å²) in [4.78, 5) is 13.7. The summed E-state index contributed by atoms with van der Waals surface area (Å²) in [6.45, 7) is 1.58. The molecule has 3 nitrogen and oxygen atoms in total. The van der Waals surface area contributed by atoms with Gasteiger partial charge in [-0.05, 0) is 37.3 Å². The number of anilines is 2. The molecule has 0 aliphatic rings. The predicted octanol–water partition coefficient (Wildman–Crippen LogP) is 4.43. The lowest BCUT2D eigenvalue weighted by Gasteiger charge is -2.22. The van der Waals surface area contributed by atoms with E-state index in [1.165, 1.54) is 0 Å². The molecule has 0 aliphatic carbocycles. The van der Waals surface area contributed by atoms with Gasteiger partial charge in [-0.15, -0.1) is 0 Å². The molecule has 0 aliphatic heterocycles. The average molecular weight is 334 g/mol. The van der Waals surface area contributed by atoms with Crippen LogP contribution in [0.1, 0.15) is 17.3 Å². The second kappa shape index (κ2) is 6.09. The summed E-state index contributed by atoms with van der Waals surface area (Å²) in [6, 6.07) is 13.4. The van der Waals surface area contributed by atoms with E-state index in [9.17, 15) is 4.79 Å². The molecular weight excluding hydrogens is 318 g/mol. The van der Waals surface area contributed by atoms with Crippen LogP contribution in [0.25, 0.3) is 0 Å². The molecule has 0 radical (unpaired) electrons. The Labute approximate surface area is 127 Å². The highest BCUT2D eigenvalue weighted by Gasteiger charge is 2.13. The van der Waals surface area contributed by atoms with Crippen molar-refractivity contribution < 1.29 is 9.53 Å². The molecule has 20 heavy (non-hydrogen) atoms. The highest BCUT2D eigenvalue weighted by Crippen LogP contribution is 2.31. The fourth-order valence-electron chi connectivity index (χ4n) is 2.04. The third kappa shape index (κ3) is 3.02. The molecule has 0 atom stereocenters. The van der Waals surface area contributed by atoms with Crippen LogP contribution in [0, 0.1) is 0 Å². The molecule has 0 spiro atoms. The van der Waals surface area contributed by atoms with E-state index in [0.29, 0.717) is 5.56 Å². The summed E-state index contributed by atoms with van der Waals surface area (Å²) in [5, 5.41) is 0. The second-order valence-electron chi connectivity index (χ2n) is 4.48. The molecule has 0 bridgehead atoms. The van der Waals surface area contributed by atoms with E-state index in [1.54, 1.807) is 14.0 Å². The van der Waals surface area contributed by atoms with Gasteiger partial charge in [0.15, 0.2) is 5.78 Å². The summed E-state index contributed by atoms with van der Waals surface area (Å²) < 4.78 is 6.18. The van der Waals surface area contributed by atoms with E-state index in [4.69, 9.17) is 4.74 Å². The second-order valence-corrected chi connectivity index (χ2v) is 5.39. The summed E-state index contributed by atoms with van der Waals surface area (Å²) >= 11 is 3.45. The van der Waals surface area contributed by atoms with Crippen LogP contribution in [-0.4, -0.2) is 19.9 Å². The Morgan fingerprint density at radius 3 is 2.60 bits per heavy atom. The minimum Gasteiger partial charge on any atom is -0.497 e. The van der Waals surface area contributed by atoms with Crippen molar-refractivity contribution >= 4 is 33.1 Å². The fourth-order valence-corrected chi connectivity index (χ4v) is 2.39. The van der Waals surface area contributed by atoms with Crippen LogP contribution in [0.3, 0.4) is 0 Å². The van der Waals surface area contributed by atoms with Crippen LogP contribution in [0.2, 0.25) is 0 Å². The van der Waals surface area contributed by atoms with E-state index < -0.39 is 0 Å². The lowest BCUT2D eigenvalue weighted by molar-refractivity contribution is 0.101. The molecule has 0 unspecified atom stereocenters. The maximum atomic E-state index is 11.8. The number of rotatable bonds is 4. The molecule has 2 aromatic carbocycles. The van der Waals surface area contributed by atoms with E-state index >= 15 is 0 Å². The SMILES string of the molecule is COc1cccc(N(C)c2cc(Br)ccc2C(C)=O)c1. The van der Waals surface area contributed by atoms with Gasteiger partial charge in [0, 0.05) is 28.8 Å². The molecule has 0 saturated carbocycles. The van der Waals surface area contributed by atoms with E-state index in [2.05, 4.69) is 15.9 Å². The van der Waals surface area contributed by atoms with Gasteiger partial charge in [0.25, 0.3) is 0 Å². The van der Waals surface area contributed by atoms with Crippen LogP contribution in [0.15, 0.2) is 46.9 Å². The third-order valence-corrected chi connectivity index (χ3v) is 3.63. The minimum absolute atomic E-state index is 0.0437. The first-order valence-electron chi connectivity index (χ1n) is 6.21. The Kier molecular flexibility index (Phi) is 4.45. The number of halogens is 1. The van der Waals surface area contributed by atoms with Crippen molar-refractivity contribution in [2.75, 3.05) is 19.1 Å². The van der Waals surface area contributed by atoms with Crippen molar-refractivity contribution in [1.82, 2.24) is 0 Å². The summed E-state index contributed by atoms with van der Waals surface area (Å²) in [5.41, 5.74) is 2.52. The molecule has 0 saturated heterocycles. The van der Waals surface area contributed by atoms with E-state index in [-0.39, 0.29) is 5.78 Å². The van der Waals surface area contributed by atoms with Gasteiger partial charge in [-0.25, -0.2) is 0 Å². The predicted molar refractivity (Wildman–Crippen MR) is 85.2 cm³/mol. The first-order valence-corrected chi connectivity index (χ1v) is 7.00. The molecule has 2 rings (SSSR count). The normalized spacial score (nSPS) is 10.2. The molecular formula is C16H16BrNO2. The van der Waals surface area contributed by atoms with Crippen LogP contribution in [0.5, 0.6) is 5.75 Å². The fraction of sp³-hybridized carbons (Fsp3) is 0.188. The first kappa shape index (κ1) is 14.6. The van der Waals surface area contributed by atoms with Crippen LogP contribution in [-0.2, 0) is 0 Å². The number of carbonyl (C=O) groups is 1. The van der Waals surface area contributed by atoms with Gasteiger partial charge in [-0.2, -0.15) is 0 Å². The van der Waals surface area contributed by atoms with E-state index in [1.807, 2.05) is 54.4 Å². The Morgan fingerprint density at radius 2 is 1.95 bits per heavy atom. The number of ether oxygens (including phenoxy) is 1. The molecule has 0 fully saturated rings. The van der Waals surface area contributed by atoms with Gasteiger partial charge < -0.3 is 9.64 Å². The van der Waals surface area contributed by atoms with Crippen molar-refractivity contribution in [3.63, 3.8) is 0 Å². The lowest BCUT2D eigenvalue weighted by atomic mass is 10.1. The Balaban J connectivity index is 2.49. The van der Waals surface area contributed by atoms with Gasteiger partial charge in [0.1, 0.15) is 5.75 Å². The number of hydrogen-bond acceptors (Lipinski definition) is 3. The smallest absolute Gasteiger partial charge is 0.161 e. The number of Topliss-reactive ketones (excluding diaryl/α,β-unsaturated/α-hetero) is 1. The van der Waals surface area contributed by atoms with Gasteiger partial charge in [0.2, 0.25) is 0 Å². The standard InChI is InChI=1S/C16H16BrNO2/c1-11(19)15-8-7-12(17)9-16(15)18(2)13-5-4-6-14(10-13)20-3/h4-10H,1-3H3.